The van der Waals surface area contributed by atoms with Crippen molar-refractivity contribution < 1.29 is 80.2 Å². The Morgan fingerprint density at radius 2 is 0.535 bits per heavy atom. The summed E-state index contributed by atoms with van der Waals surface area (Å²) in [6, 6.07) is 0. The van der Waals surface area contributed by atoms with E-state index in [0.29, 0.717) is 25.7 Å². The monoisotopic (exact) mass is 1270 g/mol. The van der Waals surface area contributed by atoms with Gasteiger partial charge in [0, 0.05) is 25.7 Å². The summed E-state index contributed by atoms with van der Waals surface area (Å²) in [6.45, 7) is 9.48. The van der Waals surface area contributed by atoms with Crippen LogP contribution in [0.25, 0.3) is 0 Å². The molecule has 0 aromatic rings. The standard InChI is InChI=1S/C67H130O17P2/c1-7-9-11-13-15-17-20-25-33-39-45-51-66(71)83-62(55-77-64(69)49-43-37-31-23-16-14-12-10-8-2)57-81-85(73,74)79-53-61(68)54-80-86(75,76)82-58-63(56-78-65(70)50-44-38-32-28-27-30-36-42-48-60(5)6)84-67(72)52-46-40-34-26-22-19-18-21-24-29-35-41-47-59(3)4/h59-63,68H,7-58H2,1-6H3,(H,73,74)(H,75,76)/t61-,62+,63+/m0/s1. The third-order valence-corrected chi connectivity index (χ3v) is 17.4. The Hall–Kier alpha value is -1.94. The molecule has 19 heteroatoms. The van der Waals surface area contributed by atoms with E-state index in [4.69, 9.17) is 37.0 Å². The van der Waals surface area contributed by atoms with Crippen LogP contribution in [0.4, 0.5) is 0 Å². The Morgan fingerprint density at radius 1 is 0.314 bits per heavy atom. The lowest BCUT2D eigenvalue weighted by atomic mass is 10.0. The van der Waals surface area contributed by atoms with Gasteiger partial charge in [0.25, 0.3) is 0 Å². The number of unbranched alkanes of at least 4 members (excludes halogenated alkanes) is 36. The number of phosphoric acid groups is 2. The highest BCUT2D eigenvalue weighted by atomic mass is 31.2. The molecular formula is C67H130O17P2. The summed E-state index contributed by atoms with van der Waals surface area (Å²) >= 11 is 0. The average Bonchev–Trinajstić information content (AvgIpc) is 3.63. The van der Waals surface area contributed by atoms with Crippen molar-refractivity contribution >= 4 is 39.5 Å². The highest BCUT2D eigenvalue weighted by Gasteiger charge is 2.30. The smallest absolute Gasteiger partial charge is 0.462 e. The van der Waals surface area contributed by atoms with Gasteiger partial charge >= 0.3 is 39.5 Å². The molecule has 0 amide bonds. The predicted molar refractivity (Wildman–Crippen MR) is 345 cm³/mol. The second-order valence-corrected chi connectivity index (χ2v) is 28.1. The Balaban J connectivity index is 5.23. The molecule has 0 spiro atoms. The number of aliphatic hydroxyl groups is 1. The first-order valence-corrected chi connectivity index (χ1v) is 38.0. The lowest BCUT2D eigenvalue weighted by Crippen LogP contribution is -2.30. The number of hydrogen-bond donors (Lipinski definition) is 3. The summed E-state index contributed by atoms with van der Waals surface area (Å²) in [5, 5.41) is 10.6. The van der Waals surface area contributed by atoms with Gasteiger partial charge in [-0.1, -0.05) is 286 Å². The van der Waals surface area contributed by atoms with Crippen molar-refractivity contribution in [3.63, 3.8) is 0 Å². The Morgan fingerprint density at radius 3 is 0.791 bits per heavy atom. The van der Waals surface area contributed by atoms with E-state index >= 15 is 0 Å². The third-order valence-electron chi connectivity index (χ3n) is 15.5. The first-order valence-electron chi connectivity index (χ1n) is 35.0. The van der Waals surface area contributed by atoms with Crippen LogP contribution in [0.2, 0.25) is 0 Å². The van der Waals surface area contributed by atoms with Crippen LogP contribution in [0.15, 0.2) is 0 Å². The molecule has 510 valence electrons. The lowest BCUT2D eigenvalue weighted by molar-refractivity contribution is -0.161. The molecule has 0 aromatic heterocycles. The van der Waals surface area contributed by atoms with Gasteiger partial charge in [0.15, 0.2) is 12.2 Å². The summed E-state index contributed by atoms with van der Waals surface area (Å²) < 4.78 is 68.1. The van der Waals surface area contributed by atoms with Crippen LogP contribution in [0.3, 0.4) is 0 Å². The van der Waals surface area contributed by atoms with Crippen molar-refractivity contribution in [1.29, 1.82) is 0 Å². The summed E-state index contributed by atoms with van der Waals surface area (Å²) in [6.07, 6.45) is 43.0. The van der Waals surface area contributed by atoms with Crippen LogP contribution in [-0.4, -0.2) is 96.7 Å². The number of esters is 4. The van der Waals surface area contributed by atoms with Gasteiger partial charge in [0.1, 0.15) is 19.3 Å². The molecule has 0 bridgehead atoms. The molecule has 3 N–H and O–H groups in total. The largest absolute Gasteiger partial charge is 0.472 e. The fourth-order valence-electron chi connectivity index (χ4n) is 10.1. The van der Waals surface area contributed by atoms with Crippen LogP contribution in [0, 0.1) is 11.8 Å². The summed E-state index contributed by atoms with van der Waals surface area (Å²) in [5.74, 6) is -0.626. The zero-order chi connectivity index (χ0) is 63.6. The van der Waals surface area contributed by atoms with Crippen molar-refractivity contribution in [1.82, 2.24) is 0 Å². The van der Waals surface area contributed by atoms with Crippen molar-refractivity contribution in [3.8, 4) is 0 Å². The zero-order valence-corrected chi connectivity index (χ0v) is 57.4. The molecule has 0 aromatic carbocycles. The number of ether oxygens (including phenoxy) is 4. The molecule has 0 radical (unpaired) electrons. The molecule has 0 aliphatic carbocycles. The lowest BCUT2D eigenvalue weighted by Gasteiger charge is -2.21. The molecule has 5 atom stereocenters. The van der Waals surface area contributed by atoms with Crippen molar-refractivity contribution in [2.45, 2.75) is 355 Å². The van der Waals surface area contributed by atoms with Gasteiger partial charge in [-0.2, -0.15) is 0 Å². The van der Waals surface area contributed by atoms with Gasteiger partial charge < -0.3 is 33.8 Å². The summed E-state index contributed by atoms with van der Waals surface area (Å²) in [4.78, 5) is 72.3. The van der Waals surface area contributed by atoms with E-state index in [9.17, 15) is 43.2 Å². The molecule has 0 aliphatic rings. The highest BCUT2D eigenvalue weighted by Crippen LogP contribution is 2.45. The first-order chi connectivity index (χ1) is 41.4. The fraction of sp³-hybridized carbons (Fsp3) is 0.940. The number of carbonyl (C=O) groups excluding carboxylic acids is 4. The molecule has 0 saturated carbocycles. The molecule has 17 nitrogen and oxygen atoms in total. The second-order valence-electron chi connectivity index (χ2n) is 25.2. The second kappa shape index (κ2) is 59.4. The quantitative estimate of drug-likeness (QED) is 0.0222. The maximum atomic E-state index is 13.0. The van der Waals surface area contributed by atoms with Crippen LogP contribution in [0.1, 0.15) is 337 Å². The number of phosphoric ester groups is 2. The van der Waals surface area contributed by atoms with E-state index in [2.05, 4.69) is 41.5 Å². The predicted octanol–water partition coefficient (Wildman–Crippen LogP) is 18.8. The number of rotatable bonds is 66. The van der Waals surface area contributed by atoms with E-state index < -0.39 is 97.5 Å². The van der Waals surface area contributed by atoms with E-state index in [1.54, 1.807) is 0 Å². The van der Waals surface area contributed by atoms with Crippen LogP contribution < -0.4 is 0 Å². The van der Waals surface area contributed by atoms with Gasteiger partial charge in [0.05, 0.1) is 26.4 Å². The van der Waals surface area contributed by atoms with Gasteiger partial charge in [-0.15, -0.1) is 0 Å². The molecule has 0 fully saturated rings. The van der Waals surface area contributed by atoms with Crippen LogP contribution in [0.5, 0.6) is 0 Å². The first kappa shape index (κ1) is 84.1. The zero-order valence-electron chi connectivity index (χ0n) is 55.6. The third kappa shape index (κ3) is 60.9. The normalized spacial score (nSPS) is 14.2. The Labute approximate surface area is 524 Å². The minimum atomic E-state index is -4.95. The maximum Gasteiger partial charge on any atom is 0.472 e. The average molecular weight is 1270 g/mol. The van der Waals surface area contributed by atoms with Gasteiger partial charge in [-0.25, -0.2) is 9.13 Å². The molecule has 86 heavy (non-hydrogen) atoms. The van der Waals surface area contributed by atoms with E-state index in [1.807, 2.05) is 0 Å². The molecule has 0 aliphatic heterocycles. The number of hydrogen-bond acceptors (Lipinski definition) is 15. The Bertz CT molecular complexity index is 1680. The minimum absolute atomic E-state index is 0.106. The summed E-state index contributed by atoms with van der Waals surface area (Å²) in [5.41, 5.74) is 0. The molecule has 0 heterocycles. The minimum Gasteiger partial charge on any atom is -0.462 e. The van der Waals surface area contributed by atoms with Gasteiger partial charge in [-0.05, 0) is 37.5 Å². The fourth-order valence-corrected chi connectivity index (χ4v) is 11.6. The highest BCUT2D eigenvalue weighted by molar-refractivity contribution is 7.47. The number of carbonyl (C=O) groups is 4. The SMILES string of the molecule is CCCCCCCCCCCCCC(=O)O[C@H](COC(=O)CCCCCCCCCCC)COP(=O)(O)OC[C@H](O)COP(=O)(O)OC[C@@H](COC(=O)CCCCCCCCCCC(C)C)OC(=O)CCCCCCCCCCCCCCC(C)C. The van der Waals surface area contributed by atoms with Gasteiger partial charge in [0.2, 0.25) is 0 Å². The number of aliphatic hydroxyl groups excluding tert-OH is 1. The molecular weight excluding hydrogens is 1140 g/mol. The van der Waals surface area contributed by atoms with Crippen LogP contribution >= 0.6 is 15.6 Å². The molecule has 2 unspecified atom stereocenters. The van der Waals surface area contributed by atoms with Crippen molar-refractivity contribution in [2.24, 2.45) is 11.8 Å². The van der Waals surface area contributed by atoms with Crippen molar-refractivity contribution in [3.05, 3.63) is 0 Å². The maximum absolute atomic E-state index is 13.0. The molecule has 0 rings (SSSR count). The van der Waals surface area contributed by atoms with E-state index in [1.165, 1.54) is 154 Å². The van der Waals surface area contributed by atoms with Crippen LogP contribution in [-0.2, 0) is 65.4 Å². The van der Waals surface area contributed by atoms with E-state index in [-0.39, 0.29) is 25.7 Å². The van der Waals surface area contributed by atoms with Crippen molar-refractivity contribution in [2.75, 3.05) is 39.6 Å². The topological polar surface area (TPSA) is 237 Å². The molecule has 0 saturated heterocycles. The van der Waals surface area contributed by atoms with E-state index in [0.717, 1.165) is 102 Å². The van der Waals surface area contributed by atoms with Gasteiger partial charge in [-0.3, -0.25) is 37.3 Å². The Kier molecular flexibility index (Phi) is 58.0. The summed E-state index contributed by atoms with van der Waals surface area (Å²) in [7, 11) is -9.89.